The van der Waals surface area contributed by atoms with Crippen LogP contribution in [0, 0.1) is 0 Å². The molecule has 1 N–H and O–H groups in total. The van der Waals surface area contributed by atoms with Gasteiger partial charge in [0, 0.05) is 18.7 Å². The van der Waals surface area contributed by atoms with Crippen LogP contribution in [0.2, 0.25) is 0 Å². The summed E-state index contributed by atoms with van der Waals surface area (Å²) in [7, 11) is 0. The summed E-state index contributed by atoms with van der Waals surface area (Å²) in [4.78, 5) is 12.2. The summed E-state index contributed by atoms with van der Waals surface area (Å²) in [5.41, 5.74) is 3.57. The van der Waals surface area contributed by atoms with Crippen LogP contribution in [0.25, 0.3) is 11.4 Å². The van der Waals surface area contributed by atoms with Gasteiger partial charge in [-0.15, -0.1) is 10.2 Å². The highest BCUT2D eigenvalue weighted by Crippen LogP contribution is 2.25. The highest BCUT2D eigenvalue weighted by Gasteiger charge is 2.14. The van der Waals surface area contributed by atoms with Crippen LogP contribution < -0.4 is 5.32 Å². The minimum absolute atomic E-state index is 0.0134. The Bertz CT molecular complexity index is 920. The normalized spacial score (nSPS) is 11.0. The molecule has 1 aromatic heterocycles. The van der Waals surface area contributed by atoms with Crippen molar-refractivity contribution in [3.63, 3.8) is 0 Å². The van der Waals surface area contributed by atoms with E-state index in [9.17, 15) is 4.79 Å². The third-order valence-corrected chi connectivity index (χ3v) is 5.75. The SMILES string of the molecule is CCn1c(SCC(=O)NCCc2ccccc2)nnc1-c1ccc(C(C)C)cc1. The smallest absolute Gasteiger partial charge is 0.230 e. The summed E-state index contributed by atoms with van der Waals surface area (Å²) in [6.45, 7) is 7.83. The van der Waals surface area contributed by atoms with E-state index < -0.39 is 0 Å². The molecule has 5 nitrogen and oxygen atoms in total. The van der Waals surface area contributed by atoms with Crippen molar-refractivity contribution in [3.8, 4) is 11.4 Å². The van der Waals surface area contributed by atoms with E-state index >= 15 is 0 Å². The van der Waals surface area contributed by atoms with Gasteiger partial charge in [0.15, 0.2) is 11.0 Å². The Morgan fingerprint density at radius 2 is 1.79 bits per heavy atom. The molecule has 0 saturated carbocycles. The van der Waals surface area contributed by atoms with E-state index in [0.29, 0.717) is 18.2 Å². The number of thioether (sulfide) groups is 1. The lowest BCUT2D eigenvalue weighted by Gasteiger charge is -2.09. The van der Waals surface area contributed by atoms with E-state index in [0.717, 1.165) is 29.5 Å². The Kier molecular flexibility index (Phi) is 7.47. The van der Waals surface area contributed by atoms with Crippen LogP contribution >= 0.6 is 11.8 Å². The second kappa shape index (κ2) is 10.3. The van der Waals surface area contributed by atoms with E-state index in [1.165, 1.54) is 22.9 Å². The zero-order valence-electron chi connectivity index (χ0n) is 17.3. The summed E-state index contributed by atoms with van der Waals surface area (Å²) in [6.07, 6.45) is 0.832. The van der Waals surface area contributed by atoms with Crippen LogP contribution in [-0.4, -0.2) is 33.0 Å². The predicted molar refractivity (Wildman–Crippen MR) is 119 cm³/mol. The minimum atomic E-state index is 0.0134. The number of nitrogens with zero attached hydrogens (tertiary/aromatic N) is 3. The monoisotopic (exact) mass is 408 g/mol. The number of hydrogen-bond acceptors (Lipinski definition) is 4. The van der Waals surface area contributed by atoms with Crippen LogP contribution in [0.15, 0.2) is 59.8 Å². The maximum atomic E-state index is 12.2. The summed E-state index contributed by atoms with van der Waals surface area (Å²) in [6, 6.07) is 18.6. The van der Waals surface area contributed by atoms with Crippen LogP contribution in [0.5, 0.6) is 0 Å². The van der Waals surface area contributed by atoms with Crippen molar-refractivity contribution < 1.29 is 4.79 Å². The lowest BCUT2D eigenvalue weighted by Crippen LogP contribution is -2.27. The highest BCUT2D eigenvalue weighted by molar-refractivity contribution is 7.99. The average Bonchev–Trinajstić information content (AvgIpc) is 3.16. The molecule has 0 saturated heterocycles. The first kappa shape index (κ1) is 21.1. The number of nitrogens with one attached hydrogen (secondary N) is 1. The molecule has 3 aromatic rings. The van der Waals surface area contributed by atoms with E-state index in [4.69, 9.17) is 0 Å². The Hall–Kier alpha value is -2.60. The number of benzene rings is 2. The molecule has 1 heterocycles. The zero-order chi connectivity index (χ0) is 20.6. The summed E-state index contributed by atoms with van der Waals surface area (Å²) < 4.78 is 2.06. The highest BCUT2D eigenvalue weighted by atomic mass is 32.2. The predicted octanol–water partition coefficient (Wildman–Crippen LogP) is 4.54. The molecule has 0 fully saturated rings. The van der Waals surface area contributed by atoms with Gasteiger partial charge in [-0.05, 0) is 30.4 Å². The van der Waals surface area contributed by atoms with Gasteiger partial charge < -0.3 is 9.88 Å². The van der Waals surface area contributed by atoms with Crippen LogP contribution in [0.3, 0.4) is 0 Å². The summed E-state index contributed by atoms with van der Waals surface area (Å²) in [5.74, 6) is 1.69. The van der Waals surface area contributed by atoms with E-state index in [1.54, 1.807) is 0 Å². The van der Waals surface area contributed by atoms with E-state index in [1.807, 2.05) is 18.2 Å². The number of amides is 1. The average molecular weight is 409 g/mol. The standard InChI is InChI=1S/C23H28N4OS/c1-4-27-22(20-12-10-19(11-13-20)17(2)3)25-26-23(27)29-16-21(28)24-15-14-18-8-6-5-7-9-18/h5-13,17H,4,14-16H2,1-3H3,(H,24,28). The number of rotatable bonds is 9. The molecule has 0 spiro atoms. The maximum absolute atomic E-state index is 12.2. The van der Waals surface area contributed by atoms with Gasteiger partial charge in [0.2, 0.25) is 5.91 Å². The fraction of sp³-hybridized carbons (Fsp3) is 0.348. The molecule has 0 aliphatic rings. The third kappa shape index (κ3) is 5.70. The molecule has 152 valence electrons. The van der Waals surface area contributed by atoms with Crippen molar-refractivity contribution >= 4 is 17.7 Å². The molecular weight excluding hydrogens is 380 g/mol. The van der Waals surface area contributed by atoms with Gasteiger partial charge in [0.1, 0.15) is 0 Å². The maximum Gasteiger partial charge on any atom is 0.230 e. The van der Waals surface area contributed by atoms with E-state index in [-0.39, 0.29) is 5.91 Å². The van der Waals surface area contributed by atoms with Gasteiger partial charge in [-0.3, -0.25) is 4.79 Å². The van der Waals surface area contributed by atoms with Crippen molar-refractivity contribution in [2.45, 2.75) is 44.8 Å². The first-order chi connectivity index (χ1) is 14.1. The molecule has 3 rings (SSSR count). The Balaban J connectivity index is 1.56. The number of carbonyl (C=O) groups is 1. The van der Waals surface area contributed by atoms with Crippen molar-refractivity contribution in [2.75, 3.05) is 12.3 Å². The second-order valence-electron chi connectivity index (χ2n) is 7.20. The Morgan fingerprint density at radius 3 is 2.45 bits per heavy atom. The van der Waals surface area contributed by atoms with Crippen LogP contribution in [0.1, 0.15) is 37.8 Å². The van der Waals surface area contributed by atoms with E-state index in [2.05, 4.69) is 77.3 Å². The van der Waals surface area contributed by atoms with Crippen LogP contribution in [-0.2, 0) is 17.8 Å². The number of hydrogen-bond donors (Lipinski definition) is 1. The lowest BCUT2D eigenvalue weighted by atomic mass is 10.0. The van der Waals surface area contributed by atoms with Gasteiger partial charge in [-0.1, -0.05) is 80.2 Å². The molecule has 0 radical (unpaired) electrons. The molecule has 0 atom stereocenters. The molecule has 2 aromatic carbocycles. The van der Waals surface area contributed by atoms with Crippen molar-refractivity contribution in [2.24, 2.45) is 0 Å². The largest absolute Gasteiger partial charge is 0.355 e. The van der Waals surface area contributed by atoms with Gasteiger partial charge in [0.25, 0.3) is 0 Å². The summed E-state index contributed by atoms with van der Waals surface area (Å²) >= 11 is 1.43. The molecule has 6 heteroatoms. The quantitative estimate of drug-likeness (QED) is 0.528. The molecule has 0 unspecified atom stereocenters. The summed E-state index contributed by atoms with van der Waals surface area (Å²) in [5, 5.41) is 12.4. The topological polar surface area (TPSA) is 59.8 Å². The van der Waals surface area contributed by atoms with Crippen molar-refractivity contribution in [3.05, 3.63) is 65.7 Å². The fourth-order valence-electron chi connectivity index (χ4n) is 3.08. The second-order valence-corrected chi connectivity index (χ2v) is 8.14. The molecule has 29 heavy (non-hydrogen) atoms. The zero-order valence-corrected chi connectivity index (χ0v) is 18.1. The van der Waals surface area contributed by atoms with Gasteiger partial charge in [0.05, 0.1) is 5.75 Å². The molecule has 0 aliphatic heterocycles. The van der Waals surface area contributed by atoms with Gasteiger partial charge in [-0.2, -0.15) is 0 Å². The van der Waals surface area contributed by atoms with Crippen molar-refractivity contribution in [1.82, 2.24) is 20.1 Å². The molecule has 0 aliphatic carbocycles. The number of carbonyl (C=O) groups excluding carboxylic acids is 1. The molecular formula is C23H28N4OS. The van der Waals surface area contributed by atoms with Crippen LogP contribution in [0.4, 0.5) is 0 Å². The molecule has 0 bridgehead atoms. The fourth-order valence-corrected chi connectivity index (χ4v) is 3.92. The minimum Gasteiger partial charge on any atom is -0.355 e. The van der Waals surface area contributed by atoms with Gasteiger partial charge in [-0.25, -0.2) is 0 Å². The first-order valence-electron chi connectivity index (χ1n) is 10.1. The third-order valence-electron chi connectivity index (χ3n) is 4.78. The Morgan fingerprint density at radius 1 is 1.07 bits per heavy atom. The van der Waals surface area contributed by atoms with Crippen molar-refractivity contribution in [1.29, 1.82) is 0 Å². The molecule has 1 amide bonds. The first-order valence-corrected chi connectivity index (χ1v) is 11.0. The number of aromatic nitrogens is 3. The van der Waals surface area contributed by atoms with Gasteiger partial charge >= 0.3 is 0 Å². The Labute approximate surface area is 176 Å². The lowest BCUT2D eigenvalue weighted by molar-refractivity contribution is -0.118.